The molecular formula is C14H17NO3. The Labute approximate surface area is 106 Å². The molecule has 1 aromatic carbocycles. The van der Waals surface area contributed by atoms with E-state index in [4.69, 9.17) is 4.42 Å². The lowest BCUT2D eigenvalue weighted by Gasteiger charge is -2.10. The predicted molar refractivity (Wildman–Crippen MR) is 69.1 cm³/mol. The number of hydrogen-bond donors (Lipinski definition) is 1. The van der Waals surface area contributed by atoms with Crippen molar-refractivity contribution in [2.45, 2.75) is 25.9 Å². The number of para-hydroxylation sites is 1. The minimum absolute atomic E-state index is 0.0608. The van der Waals surface area contributed by atoms with Crippen molar-refractivity contribution in [3.8, 4) is 0 Å². The molecule has 4 heteroatoms. The van der Waals surface area contributed by atoms with Crippen LogP contribution in [0, 0.1) is 0 Å². The molecule has 0 aliphatic carbocycles. The minimum Gasteiger partial charge on any atom is -0.469 e. The second-order valence-electron chi connectivity index (χ2n) is 4.31. The van der Waals surface area contributed by atoms with Gasteiger partial charge in [-0.1, -0.05) is 18.2 Å². The number of hydrogen-bond acceptors (Lipinski definition) is 4. The standard InChI is InChI=1S/C14H17NO3/c1-10(7-14(16)17-2)15-9-12-8-11-5-3-4-6-13(11)18-12/h3-6,8,10,15H,7,9H2,1-2H3. The van der Waals surface area contributed by atoms with E-state index in [1.165, 1.54) is 7.11 Å². The Balaban J connectivity index is 1.91. The maximum Gasteiger partial charge on any atom is 0.307 e. The summed E-state index contributed by atoms with van der Waals surface area (Å²) in [7, 11) is 1.40. The minimum atomic E-state index is -0.209. The number of nitrogens with one attached hydrogen (secondary N) is 1. The molecule has 0 radical (unpaired) electrons. The van der Waals surface area contributed by atoms with Crippen LogP contribution in [0.4, 0.5) is 0 Å². The highest BCUT2D eigenvalue weighted by molar-refractivity contribution is 5.77. The van der Waals surface area contributed by atoms with Gasteiger partial charge in [0.1, 0.15) is 11.3 Å². The molecule has 0 spiro atoms. The number of rotatable bonds is 5. The summed E-state index contributed by atoms with van der Waals surface area (Å²) in [5.74, 6) is 0.660. The van der Waals surface area contributed by atoms with E-state index in [0.29, 0.717) is 13.0 Å². The van der Waals surface area contributed by atoms with Crippen LogP contribution in [0.3, 0.4) is 0 Å². The maximum absolute atomic E-state index is 11.1. The Morgan fingerprint density at radius 1 is 1.44 bits per heavy atom. The van der Waals surface area contributed by atoms with Crippen molar-refractivity contribution >= 4 is 16.9 Å². The van der Waals surface area contributed by atoms with Gasteiger partial charge in [-0.25, -0.2) is 0 Å². The zero-order valence-corrected chi connectivity index (χ0v) is 10.6. The molecule has 0 bridgehead atoms. The van der Waals surface area contributed by atoms with Crippen LogP contribution >= 0.6 is 0 Å². The molecule has 1 atom stereocenters. The quantitative estimate of drug-likeness (QED) is 0.825. The molecule has 0 aliphatic rings. The second-order valence-corrected chi connectivity index (χ2v) is 4.31. The van der Waals surface area contributed by atoms with Crippen LogP contribution in [0.2, 0.25) is 0 Å². The summed E-state index contributed by atoms with van der Waals surface area (Å²) in [4.78, 5) is 11.1. The summed E-state index contributed by atoms with van der Waals surface area (Å²) in [5.41, 5.74) is 0.884. The molecule has 1 N–H and O–H groups in total. The number of benzene rings is 1. The van der Waals surface area contributed by atoms with E-state index < -0.39 is 0 Å². The predicted octanol–water partition coefficient (Wildman–Crippen LogP) is 2.47. The number of fused-ring (bicyclic) bond motifs is 1. The lowest BCUT2D eigenvalue weighted by Crippen LogP contribution is -2.28. The second kappa shape index (κ2) is 5.69. The van der Waals surface area contributed by atoms with Gasteiger partial charge in [0.15, 0.2) is 0 Å². The molecule has 18 heavy (non-hydrogen) atoms. The molecule has 0 aliphatic heterocycles. The van der Waals surface area contributed by atoms with Gasteiger partial charge in [0.25, 0.3) is 0 Å². The van der Waals surface area contributed by atoms with E-state index in [9.17, 15) is 4.79 Å². The first-order valence-electron chi connectivity index (χ1n) is 5.96. The Bertz CT molecular complexity index is 500. The van der Waals surface area contributed by atoms with Gasteiger partial charge in [-0.15, -0.1) is 0 Å². The first-order chi connectivity index (χ1) is 8.69. The van der Waals surface area contributed by atoms with Gasteiger partial charge < -0.3 is 14.5 Å². The van der Waals surface area contributed by atoms with Crippen molar-refractivity contribution in [3.63, 3.8) is 0 Å². The van der Waals surface area contributed by atoms with E-state index in [2.05, 4.69) is 10.1 Å². The lowest BCUT2D eigenvalue weighted by atomic mass is 10.2. The highest BCUT2D eigenvalue weighted by atomic mass is 16.5. The zero-order valence-electron chi connectivity index (χ0n) is 10.6. The van der Waals surface area contributed by atoms with Crippen LogP contribution in [0.25, 0.3) is 11.0 Å². The fourth-order valence-electron chi connectivity index (χ4n) is 1.80. The van der Waals surface area contributed by atoms with Gasteiger partial charge in [0.2, 0.25) is 0 Å². The third-order valence-electron chi connectivity index (χ3n) is 2.80. The number of esters is 1. The van der Waals surface area contributed by atoms with Gasteiger partial charge in [0, 0.05) is 11.4 Å². The van der Waals surface area contributed by atoms with Crippen LogP contribution < -0.4 is 5.32 Å². The van der Waals surface area contributed by atoms with Gasteiger partial charge in [-0.05, 0) is 19.1 Å². The zero-order chi connectivity index (χ0) is 13.0. The Hall–Kier alpha value is -1.81. The number of carbonyl (C=O) groups excluding carboxylic acids is 1. The molecule has 0 saturated heterocycles. The number of methoxy groups -OCH3 is 1. The topological polar surface area (TPSA) is 51.5 Å². The van der Waals surface area contributed by atoms with E-state index in [1.54, 1.807) is 0 Å². The molecule has 4 nitrogen and oxygen atoms in total. The average Bonchev–Trinajstić information content (AvgIpc) is 2.79. The smallest absolute Gasteiger partial charge is 0.307 e. The van der Waals surface area contributed by atoms with E-state index >= 15 is 0 Å². The van der Waals surface area contributed by atoms with Crippen molar-refractivity contribution < 1.29 is 13.9 Å². The van der Waals surface area contributed by atoms with Gasteiger partial charge >= 0.3 is 5.97 Å². The molecular weight excluding hydrogens is 230 g/mol. The van der Waals surface area contributed by atoms with Gasteiger partial charge in [0.05, 0.1) is 20.1 Å². The van der Waals surface area contributed by atoms with Crippen molar-refractivity contribution in [2.24, 2.45) is 0 Å². The Morgan fingerprint density at radius 3 is 2.94 bits per heavy atom. The lowest BCUT2D eigenvalue weighted by molar-refractivity contribution is -0.141. The van der Waals surface area contributed by atoms with Crippen molar-refractivity contribution in [3.05, 3.63) is 36.1 Å². The SMILES string of the molecule is COC(=O)CC(C)NCc1cc2ccccc2o1. The summed E-state index contributed by atoms with van der Waals surface area (Å²) in [6.07, 6.45) is 0.358. The number of carbonyl (C=O) groups is 1. The van der Waals surface area contributed by atoms with Gasteiger partial charge in [-0.3, -0.25) is 4.79 Å². The van der Waals surface area contributed by atoms with Crippen LogP contribution in [0.15, 0.2) is 34.7 Å². The van der Waals surface area contributed by atoms with Crippen molar-refractivity contribution in [2.75, 3.05) is 7.11 Å². The third kappa shape index (κ3) is 3.11. The van der Waals surface area contributed by atoms with Crippen LogP contribution in [0.5, 0.6) is 0 Å². The highest BCUT2D eigenvalue weighted by Gasteiger charge is 2.09. The molecule has 2 aromatic rings. The highest BCUT2D eigenvalue weighted by Crippen LogP contribution is 2.18. The first kappa shape index (κ1) is 12.6. The first-order valence-corrected chi connectivity index (χ1v) is 5.96. The molecule has 0 saturated carbocycles. The Morgan fingerprint density at radius 2 is 2.22 bits per heavy atom. The summed E-state index contributed by atoms with van der Waals surface area (Å²) < 4.78 is 10.3. The van der Waals surface area contributed by atoms with Gasteiger partial charge in [-0.2, -0.15) is 0 Å². The van der Waals surface area contributed by atoms with Crippen LogP contribution in [-0.4, -0.2) is 19.1 Å². The van der Waals surface area contributed by atoms with E-state index in [1.807, 2.05) is 37.3 Å². The molecule has 1 aromatic heterocycles. The summed E-state index contributed by atoms with van der Waals surface area (Å²) in [5, 5.41) is 4.32. The van der Waals surface area contributed by atoms with E-state index in [-0.39, 0.29) is 12.0 Å². The van der Waals surface area contributed by atoms with Crippen LogP contribution in [0.1, 0.15) is 19.1 Å². The average molecular weight is 247 g/mol. The molecule has 2 rings (SSSR count). The Kier molecular flexibility index (Phi) is 3.99. The van der Waals surface area contributed by atoms with Crippen LogP contribution in [-0.2, 0) is 16.1 Å². The number of furan rings is 1. The monoisotopic (exact) mass is 247 g/mol. The molecule has 1 heterocycles. The summed E-state index contributed by atoms with van der Waals surface area (Å²) >= 11 is 0. The van der Waals surface area contributed by atoms with Crippen molar-refractivity contribution in [1.29, 1.82) is 0 Å². The molecule has 0 fully saturated rings. The largest absolute Gasteiger partial charge is 0.469 e. The maximum atomic E-state index is 11.1. The molecule has 1 unspecified atom stereocenters. The molecule has 96 valence electrons. The summed E-state index contributed by atoms with van der Waals surface area (Å²) in [6.45, 7) is 2.55. The third-order valence-corrected chi connectivity index (χ3v) is 2.80. The fourth-order valence-corrected chi connectivity index (χ4v) is 1.80. The fraction of sp³-hybridized carbons (Fsp3) is 0.357. The van der Waals surface area contributed by atoms with Crippen molar-refractivity contribution in [1.82, 2.24) is 5.32 Å². The number of ether oxygens (including phenoxy) is 1. The van der Waals surface area contributed by atoms with E-state index in [0.717, 1.165) is 16.7 Å². The normalized spacial score (nSPS) is 12.6. The molecule has 0 amide bonds. The summed E-state index contributed by atoms with van der Waals surface area (Å²) in [6, 6.07) is 9.95.